The maximum absolute atomic E-state index is 12.2. The fourth-order valence-corrected chi connectivity index (χ4v) is 4.66. The highest BCUT2D eigenvalue weighted by atomic mass is 79.9. The highest BCUT2D eigenvalue weighted by Crippen LogP contribution is 2.47. The Labute approximate surface area is 141 Å². The molecular formula is C13H14BrCl2NO3S. The average Bonchev–Trinajstić information content (AvgIpc) is 3.15. The molecule has 0 bridgehead atoms. The summed E-state index contributed by atoms with van der Waals surface area (Å²) >= 11 is 9.10. The molecule has 1 amide bonds. The Morgan fingerprint density at radius 1 is 1.43 bits per heavy atom. The van der Waals surface area contributed by atoms with Crippen LogP contribution >= 0.6 is 38.2 Å². The molecule has 2 rings (SSSR count). The molecule has 0 heterocycles. The molecule has 0 unspecified atom stereocenters. The van der Waals surface area contributed by atoms with Gasteiger partial charge in [0.15, 0.2) is 0 Å². The second-order valence-electron chi connectivity index (χ2n) is 5.24. The molecule has 1 saturated carbocycles. The number of rotatable bonds is 5. The number of amides is 1. The maximum Gasteiger partial charge on any atom is 0.262 e. The first-order valence-corrected chi connectivity index (χ1v) is 9.88. The summed E-state index contributed by atoms with van der Waals surface area (Å²) in [4.78, 5) is 12.0. The van der Waals surface area contributed by atoms with E-state index in [1.165, 1.54) is 12.1 Å². The Bertz CT molecular complexity index is 687. The molecule has 4 nitrogen and oxygen atoms in total. The van der Waals surface area contributed by atoms with Crippen LogP contribution in [0, 0.1) is 5.41 Å². The van der Waals surface area contributed by atoms with Crippen molar-refractivity contribution in [3.05, 3.63) is 27.2 Å². The van der Waals surface area contributed by atoms with Gasteiger partial charge in [-0.3, -0.25) is 4.79 Å². The first kappa shape index (κ1) is 17.1. The summed E-state index contributed by atoms with van der Waals surface area (Å²) in [6, 6.07) is 2.55. The van der Waals surface area contributed by atoms with E-state index in [4.69, 9.17) is 22.3 Å². The second kappa shape index (κ2) is 6.07. The molecule has 0 aliphatic heterocycles. The van der Waals surface area contributed by atoms with Gasteiger partial charge in [-0.15, -0.1) is 0 Å². The van der Waals surface area contributed by atoms with E-state index >= 15 is 0 Å². The normalized spacial score (nSPS) is 16.6. The predicted octanol–water partition coefficient (Wildman–Crippen LogP) is 3.95. The van der Waals surface area contributed by atoms with E-state index in [-0.39, 0.29) is 25.4 Å². The zero-order chi connectivity index (χ0) is 15.8. The minimum Gasteiger partial charge on any atom is -0.351 e. The molecule has 0 spiro atoms. The van der Waals surface area contributed by atoms with E-state index in [2.05, 4.69) is 28.2 Å². The summed E-state index contributed by atoms with van der Waals surface area (Å²) in [5.41, 5.74) is 0.296. The quantitative estimate of drug-likeness (QED) is 0.741. The first-order chi connectivity index (χ1) is 9.68. The first-order valence-electron chi connectivity index (χ1n) is 6.40. The van der Waals surface area contributed by atoms with Crippen molar-refractivity contribution in [3.8, 4) is 0 Å². The van der Waals surface area contributed by atoms with Crippen molar-refractivity contribution >= 4 is 53.2 Å². The summed E-state index contributed by atoms with van der Waals surface area (Å²) < 4.78 is 23.2. The summed E-state index contributed by atoms with van der Waals surface area (Å²) in [6.07, 6.45) is 3.20. The van der Waals surface area contributed by atoms with Crippen LogP contribution in [0.1, 0.15) is 36.5 Å². The molecular weight excluding hydrogens is 401 g/mol. The van der Waals surface area contributed by atoms with Crippen LogP contribution in [0.3, 0.4) is 0 Å². The lowest BCUT2D eigenvalue weighted by atomic mass is 10.0. The highest BCUT2D eigenvalue weighted by Gasteiger charge is 2.40. The van der Waals surface area contributed by atoms with Gasteiger partial charge in [0.1, 0.15) is 0 Å². The fraction of sp³-hybridized carbons (Fsp3) is 0.462. The van der Waals surface area contributed by atoms with Gasteiger partial charge in [-0.2, -0.15) is 0 Å². The third-order valence-electron chi connectivity index (χ3n) is 3.86. The summed E-state index contributed by atoms with van der Waals surface area (Å²) in [5.74, 6) is -0.395. The summed E-state index contributed by atoms with van der Waals surface area (Å²) in [5, 5.41) is 2.99. The summed E-state index contributed by atoms with van der Waals surface area (Å²) in [7, 11) is 1.39. The zero-order valence-electron chi connectivity index (χ0n) is 11.3. The van der Waals surface area contributed by atoms with Gasteiger partial charge < -0.3 is 5.32 Å². The van der Waals surface area contributed by atoms with E-state index in [0.29, 0.717) is 6.54 Å². The van der Waals surface area contributed by atoms with Crippen molar-refractivity contribution in [2.45, 2.75) is 31.1 Å². The number of benzene rings is 1. The Morgan fingerprint density at radius 3 is 2.52 bits per heavy atom. The van der Waals surface area contributed by atoms with Crippen LogP contribution in [0.2, 0.25) is 5.02 Å². The van der Waals surface area contributed by atoms with E-state index in [9.17, 15) is 13.2 Å². The number of carbonyl (C=O) groups excluding carboxylic acids is 1. The number of hydrogen-bond acceptors (Lipinski definition) is 3. The molecule has 0 aromatic heterocycles. The minimum atomic E-state index is -3.96. The van der Waals surface area contributed by atoms with E-state index in [1.807, 2.05) is 0 Å². The van der Waals surface area contributed by atoms with Crippen molar-refractivity contribution in [3.63, 3.8) is 0 Å². The highest BCUT2D eigenvalue weighted by molar-refractivity contribution is 9.10. The van der Waals surface area contributed by atoms with Crippen LogP contribution in [0.5, 0.6) is 0 Å². The van der Waals surface area contributed by atoms with Gasteiger partial charge in [0.25, 0.3) is 15.0 Å². The molecule has 1 N–H and O–H groups in total. The van der Waals surface area contributed by atoms with Gasteiger partial charge in [-0.1, -0.05) is 18.5 Å². The molecule has 0 atom stereocenters. The lowest BCUT2D eigenvalue weighted by Gasteiger charge is -2.14. The maximum atomic E-state index is 12.2. The largest absolute Gasteiger partial charge is 0.351 e. The average molecular weight is 415 g/mol. The van der Waals surface area contributed by atoms with Crippen LogP contribution < -0.4 is 5.32 Å². The minimum absolute atomic E-state index is 0.103. The van der Waals surface area contributed by atoms with Crippen molar-refractivity contribution < 1.29 is 13.2 Å². The van der Waals surface area contributed by atoms with Gasteiger partial charge in [0.2, 0.25) is 0 Å². The molecule has 1 aliphatic carbocycles. The molecule has 21 heavy (non-hydrogen) atoms. The van der Waals surface area contributed by atoms with Gasteiger partial charge >= 0.3 is 0 Å². The van der Waals surface area contributed by atoms with E-state index < -0.39 is 15.0 Å². The molecule has 1 fully saturated rings. The Kier molecular flexibility index (Phi) is 4.93. The monoisotopic (exact) mass is 413 g/mol. The van der Waals surface area contributed by atoms with E-state index in [1.54, 1.807) is 0 Å². The molecule has 8 heteroatoms. The van der Waals surface area contributed by atoms with Crippen LogP contribution in [0.25, 0.3) is 0 Å². The molecule has 116 valence electrons. The summed E-state index contributed by atoms with van der Waals surface area (Å²) in [6.45, 7) is 2.65. The van der Waals surface area contributed by atoms with Crippen LogP contribution in [0.4, 0.5) is 0 Å². The number of halogens is 3. The van der Waals surface area contributed by atoms with Gasteiger partial charge in [-0.05, 0) is 52.7 Å². The Hall–Kier alpha value is -0.300. The van der Waals surface area contributed by atoms with E-state index in [0.717, 1.165) is 19.3 Å². The lowest BCUT2D eigenvalue weighted by Crippen LogP contribution is -2.30. The molecule has 1 aromatic carbocycles. The van der Waals surface area contributed by atoms with Crippen molar-refractivity contribution in [1.82, 2.24) is 5.32 Å². The topological polar surface area (TPSA) is 63.2 Å². The van der Waals surface area contributed by atoms with Gasteiger partial charge in [-0.25, -0.2) is 8.42 Å². The lowest BCUT2D eigenvalue weighted by molar-refractivity contribution is 0.0944. The van der Waals surface area contributed by atoms with Gasteiger partial charge in [0, 0.05) is 21.7 Å². The molecule has 1 aromatic rings. The Balaban J connectivity index is 2.24. The third-order valence-corrected chi connectivity index (χ3v) is 6.45. The fourth-order valence-electron chi connectivity index (χ4n) is 2.09. The van der Waals surface area contributed by atoms with Gasteiger partial charge in [0.05, 0.1) is 15.5 Å². The molecule has 0 radical (unpaired) electrons. The standard InChI is InChI=1S/C13H14BrCl2NO3S/c1-2-13(3-4-13)7-17-12(18)8-5-11(21(16,19)20)9(14)6-10(8)15/h5-6H,2-4,7H2,1H3,(H,17,18). The van der Waals surface area contributed by atoms with Crippen molar-refractivity contribution in [2.75, 3.05) is 6.54 Å². The third kappa shape index (κ3) is 3.92. The van der Waals surface area contributed by atoms with Crippen LogP contribution in [0.15, 0.2) is 21.5 Å². The van der Waals surface area contributed by atoms with Crippen LogP contribution in [-0.2, 0) is 9.05 Å². The Morgan fingerprint density at radius 2 is 2.05 bits per heavy atom. The smallest absolute Gasteiger partial charge is 0.262 e. The van der Waals surface area contributed by atoms with Crippen LogP contribution in [-0.4, -0.2) is 20.9 Å². The predicted molar refractivity (Wildman–Crippen MR) is 86.5 cm³/mol. The number of nitrogens with one attached hydrogen (secondary N) is 1. The molecule has 0 saturated heterocycles. The number of carbonyl (C=O) groups is 1. The zero-order valence-corrected chi connectivity index (χ0v) is 15.2. The number of hydrogen-bond donors (Lipinski definition) is 1. The molecule has 1 aliphatic rings. The van der Waals surface area contributed by atoms with Crippen molar-refractivity contribution in [1.29, 1.82) is 0 Å². The SMILES string of the molecule is CCC1(CNC(=O)c2cc(S(=O)(=O)Cl)c(Br)cc2Cl)CC1. The second-order valence-corrected chi connectivity index (χ2v) is 9.03. The van der Waals surface area contributed by atoms with Crippen molar-refractivity contribution in [2.24, 2.45) is 5.41 Å².